The van der Waals surface area contributed by atoms with Gasteiger partial charge in [0.15, 0.2) is 11.6 Å². The molecule has 0 aliphatic rings. The number of benzene rings is 1. The highest BCUT2D eigenvalue weighted by atomic mass is 19.1. The molecule has 0 radical (unpaired) electrons. The van der Waals surface area contributed by atoms with Gasteiger partial charge < -0.3 is 4.98 Å². The van der Waals surface area contributed by atoms with Gasteiger partial charge in [-0.3, -0.25) is 15.1 Å². The van der Waals surface area contributed by atoms with E-state index in [1.54, 1.807) is 24.5 Å². The van der Waals surface area contributed by atoms with Gasteiger partial charge in [-0.25, -0.2) is 23.7 Å². The van der Waals surface area contributed by atoms with Gasteiger partial charge in [0, 0.05) is 29.7 Å². The van der Waals surface area contributed by atoms with E-state index < -0.39 is 5.82 Å². The first kappa shape index (κ1) is 18.2. The van der Waals surface area contributed by atoms with E-state index in [0.717, 1.165) is 0 Å². The molecule has 2 N–H and O–H groups in total. The van der Waals surface area contributed by atoms with Crippen LogP contribution in [0.3, 0.4) is 0 Å². The zero-order valence-corrected chi connectivity index (χ0v) is 16.2. The Morgan fingerprint density at radius 3 is 2.53 bits per heavy atom. The van der Waals surface area contributed by atoms with Crippen LogP contribution in [0.5, 0.6) is 0 Å². The maximum absolute atomic E-state index is 15.5. The Labute approximate surface area is 178 Å². The van der Waals surface area contributed by atoms with E-state index >= 15 is 4.39 Å². The molecule has 0 amide bonds. The number of fused-ring (bicyclic) bond motifs is 2. The number of H-pyrrole nitrogens is 2. The lowest BCUT2D eigenvalue weighted by Gasteiger charge is -2.03. The molecule has 0 spiro atoms. The molecule has 0 bridgehead atoms. The van der Waals surface area contributed by atoms with Gasteiger partial charge in [0.1, 0.15) is 23.5 Å². The number of hydrogen-bond acceptors (Lipinski definition) is 6. The van der Waals surface area contributed by atoms with Crippen LogP contribution in [0.1, 0.15) is 0 Å². The summed E-state index contributed by atoms with van der Waals surface area (Å²) in [6, 6.07) is 6.18. The molecule has 0 atom stereocenters. The summed E-state index contributed by atoms with van der Waals surface area (Å²) in [4.78, 5) is 24.1. The SMILES string of the molecule is Fc1cccc(-c2cncc3[nH]c(-c4n[nH]c5cnc(-c6cncnc6)c(F)c45)nc23)c1. The third kappa shape index (κ3) is 2.81. The minimum Gasteiger partial charge on any atom is -0.335 e. The molecule has 10 heteroatoms. The van der Waals surface area contributed by atoms with Gasteiger partial charge >= 0.3 is 0 Å². The van der Waals surface area contributed by atoms with E-state index in [1.807, 2.05) is 0 Å². The molecule has 5 heterocycles. The van der Waals surface area contributed by atoms with Crippen molar-refractivity contribution in [1.29, 1.82) is 0 Å². The van der Waals surface area contributed by atoms with Crippen molar-refractivity contribution < 1.29 is 8.78 Å². The van der Waals surface area contributed by atoms with Crippen molar-refractivity contribution in [2.75, 3.05) is 0 Å². The Balaban J connectivity index is 1.55. The minimum atomic E-state index is -0.565. The van der Waals surface area contributed by atoms with Crippen molar-refractivity contribution in [3.05, 3.63) is 73.2 Å². The fourth-order valence-electron chi connectivity index (χ4n) is 3.68. The van der Waals surface area contributed by atoms with Gasteiger partial charge in [0.05, 0.1) is 34.3 Å². The first-order chi connectivity index (χ1) is 15.7. The Kier molecular flexibility index (Phi) is 3.97. The van der Waals surface area contributed by atoms with E-state index in [9.17, 15) is 4.39 Å². The summed E-state index contributed by atoms with van der Waals surface area (Å²) < 4.78 is 29.3. The summed E-state index contributed by atoms with van der Waals surface area (Å²) in [5, 5.41) is 7.29. The molecule has 6 aromatic rings. The number of pyridine rings is 2. The predicted molar refractivity (Wildman–Crippen MR) is 113 cm³/mol. The molecular weight excluding hydrogens is 414 g/mol. The van der Waals surface area contributed by atoms with E-state index in [2.05, 4.69) is 40.1 Å². The lowest BCUT2D eigenvalue weighted by atomic mass is 10.1. The van der Waals surface area contributed by atoms with Crippen molar-refractivity contribution in [2.45, 2.75) is 0 Å². The molecule has 0 aliphatic heterocycles. The Hall–Kier alpha value is -4.60. The van der Waals surface area contributed by atoms with Crippen molar-refractivity contribution in [2.24, 2.45) is 0 Å². The smallest absolute Gasteiger partial charge is 0.161 e. The number of imidazole rings is 1. The number of aromatic amines is 2. The molecule has 5 aromatic heterocycles. The monoisotopic (exact) mass is 426 g/mol. The van der Waals surface area contributed by atoms with Gasteiger partial charge in [-0.1, -0.05) is 12.1 Å². The molecule has 0 fully saturated rings. The summed E-state index contributed by atoms with van der Waals surface area (Å²) in [6.07, 6.45) is 9.06. The molecule has 8 nitrogen and oxygen atoms in total. The Morgan fingerprint density at radius 1 is 0.812 bits per heavy atom. The second-order valence-electron chi connectivity index (χ2n) is 7.09. The summed E-state index contributed by atoms with van der Waals surface area (Å²) in [5.41, 5.74) is 3.73. The van der Waals surface area contributed by atoms with Crippen LogP contribution < -0.4 is 0 Å². The van der Waals surface area contributed by atoms with Crippen molar-refractivity contribution in [1.82, 2.24) is 40.1 Å². The standard InChI is InChI=1S/C22H12F2N8/c23-13-3-1-2-11(4-13)14-7-25-8-16-20(14)30-22(29-16)21-17-15(31-32-21)9-28-19(18(17)24)12-5-26-10-27-6-12/h1-10H,(H,29,30)(H,31,32). The van der Waals surface area contributed by atoms with Crippen molar-refractivity contribution >= 4 is 21.9 Å². The van der Waals surface area contributed by atoms with Gasteiger partial charge in [-0.05, 0) is 17.7 Å². The molecule has 6 rings (SSSR count). The fourth-order valence-corrected chi connectivity index (χ4v) is 3.68. The summed E-state index contributed by atoms with van der Waals surface area (Å²) in [7, 11) is 0. The lowest BCUT2D eigenvalue weighted by Crippen LogP contribution is -1.93. The average Bonchev–Trinajstić information content (AvgIpc) is 3.44. The van der Waals surface area contributed by atoms with E-state index in [0.29, 0.717) is 44.8 Å². The summed E-state index contributed by atoms with van der Waals surface area (Å²) >= 11 is 0. The van der Waals surface area contributed by atoms with E-state index in [1.165, 1.54) is 37.1 Å². The third-order valence-corrected chi connectivity index (χ3v) is 5.13. The fraction of sp³-hybridized carbons (Fsp3) is 0. The first-order valence-electron chi connectivity index (χ1n) is 9.57. The topological polar surface area (TPSA) is 109 Å². The average molecular weight is 426 g/mol. The maximum Gasteiger partial charge on any atom is 0.161 e. The largest absolute Gasteiger partial charge is 0.335 e. The second-order valence-corrected chi connectivity index (χ2v) is 7.09. The number of aromatic nitrogens is 8. The molecular formula is C22H12F2N8. The zero-order valence-electron chi connectivity index (χ0n) is 16.2. The normalized spacial score (nSPS) is 11.4. The molecule has 154 valence electrons. The number of halogens is 2. The van der Waals surface area contributed by atoms with Crippen LogP contribution >= 0.6 is 0 Å². The van der Waals surface area contributed by atoms with E-state index in [4.69, 9.17) is 0 Å². The van der Waals surface area contributed by atoms with Crippen molar-refractivity contribution in [3.63, 3.8) is 0 Å². The van der Waals surface area contributed by atoms with Crippen LogP contribution in [0.15, 0.2) is 61.6 Å². The van der Waals surface area contributed by atoms with Crippen LogP contribution in [0.25, 0.3) is 55.8 Å². The van der Waals surface area contributed by atoms with Gasteiger partial charge in [-0.2, -0.15) is 5.10 Å². The Bertz CT molecular complexity index is 1610. The van der Waals surface area contributed by atoms with E-state index in [-0.39, 0.29) is 16.9 Å². The molecule has 0 aliphatic carbocycles. The minimum absolute atomic E-state index is 0.110. The number of nitrogens with zero attached hydrogens (tertiary/aromatic N) is 6. The van der Waals surface area contributed by atoms with Crippen LogP contribution in [0.4, 0.5) is 8.78 Å². The third-order valence-electron chi connectivity index (χ3n) is 5.13. The number of nitrogens with one attached hydrogen (secondary N) is 2. The van der Waals surface area contributed by atoms with Gasteiger partial charge in [0.2, 0.25) is 0 Å². The van der Waals surface area contributed by atoms with Gasteiger partial charge in [0.25, 0.3) is 0 Å². The van der Waals surface area contributed by atoms with Crippen LogP contribution in [-0.4, -0.2) is 40.1 Å². The van der Waals surface area contributed by atoms with Gasteiger partial charge in [-0.15, -0.1) is 0 Å². The quantitative estimate of drug-likeness (QED) is 0.437. The number of hydrogen-bond donors (Lipinski definition) is 2. The lowest BCUT2D eigenvalue weighted by molar-refractivity contribution is 0.628. The highest BCUT2D eigenvalue weighted by Gasteiger charge is 2.21. The highest BCUT2D eigenvalue weighted by molar-refractivity contribution is 5.97. The zero-order chi connectivity index (χ0) is 21.7. The van der Waals surface area contributed by atoms with Crippen LogP contribution in [0.2, 0.25) is 0 Å². The summed E-state index contributed by atoms with van der Waals surface area (Å²) in [5.74, 6) is -0.581. The Morgan fingerprint density at radius 2 is 1.69 bits per heavy atom. The molecule has 0 saturated carbocycles. The predicted octanol–water partition coefficient (Wildman–Crippen LogP) is 4.30. The van der Waals surface area contributed by atoms with Crippen LogP contribution in [0, 0.1) is 11.6 Å². The van der Waals surface area contributed by atoms with Crippen molar-refractivity contribution in [3.8, 4) is 33.9 Å². The molecule has 1 aromatic carbocycles. The molecule has 32 heavy (non-hydrogen) atoms. The molecule has 0 saturated heterocycles. The number of rotatable bonds is 3. The second kappa shape index (κ2) is 6.98. The first-order valence-corrected chi connectivity index (χ1v) is 9.57. The highest BCUT2D eigenvalue weighted by Crippen LogP contribution is 2.33. The summed E-state index contributed by atoms with van der Waals surface area (Å²) in [6.45, 7) is 0. The van der Waals surface area contributed by atoms with Crippen LogP contribution in [-0.2, 0) is 0 Å². The molecule has 0 unspecified atom stereocenters. The maximum atomic E-state index is 15.5.